The Morgan fingerprint density at radius 3 is 2.54 bits per heavy atom. The molecule has 0 unspecified atom stereocenters. The summed E-state index contributed by atoms with van der Waals surface area (Å²) < 4.78 is 16.1. The van der Waals surface area contributed by atoms with Gasteiger partial charge in [-0.25, -0.2) is 4.79 Å². The number of esters is 2. The maximum atomic E-state index is 13.2. The Bertz CT molecular complexity index is 816. The number of rotatable bonds is 1. The van der Waals surface area contributed by atoms with Crippen LogP contribution in [0.5, 0.6) is 0 Å². The Morgan fingerprint density at radius 1 is 1.18 bits per heavy atom. The highest BCUT2D eigenvalue weighted by atomic mass is 16.7. The van der Waals surface area contributed by atoms with Crippen molar-refractivity contribution in [3.63, 3.8) is 0 Å². The van der Waals surface area contributed by atoms with Gasteiger partial charge >= 0.3 is 18.0 Å². The summed E-state index contributed by atoms with van der Waals surface area (Å²) in [6.45, 7) is 6.17. The number of fused-ring (bicyclic) bond motifs is 4. The van der Waals surface area contributed by atoms with Gasteiger partial charge < -0.3 is 24.0 Å². The fourth-order valence-corrected chi connectivity index (χ4v) is 4.38. The Morgan fingerprint density at radius 2 is 1.86 bits per heavy atom. The highest BCUT2D eigenvalue weighted by molar-refractivity contribution is 6.04. The molecule has 3 heterocycles. The molecule has 1 amide bonds. The monoisotopic (exact) mass is 388 g/mol. The molecule has 1 atom stereocenters. The van der Waals surface area contributed by atoms with Crippen LogP contribution in [-0.4, -0.2) is 61.0 Å². The molecular formula is C20H24N2O6. The molecule has 0 saturated carbocycles. The van der Waals surface area contributed by atoms with Gasteiger partial charge in [0.25, 0.3) is 5.79 Å². The summed E-state index contributed by atoms with van der Waals surface area (Å²) in [6, 6.07) is 7.10. The van der Waals surface area contributed by atoms with Crippen LogP contribution >= 0.6 is 0 Å². The number of carbonyl (C=O) groups excluding carboxylic acids is 3. The number of hydrogen-bond acceptors (Lipinski definition) is 7. The number of nitrogens with zero attached hydrogens (tertiary/aromatic N) is 2. The summed E-state index contributed by atoms with van der Waals surface area (Å²) in [5, 5.41) is 0. The van der Waals surface area contributed by atoms with Gasteiger partial charge in [-0.2, -0.15) is 0 Å². The van der Waals surface area contributed by atoms with Crippen LogP contribution in [0.4, 0.5) is 10.5 Å². The molecule has 8 nitrogen and oxygen atoms in total. The molecule has 0 radical (unpaired) electrons. The average molecular weight is 388 g/mol. The number of cyclic esters (lactones) is 2. The van der Waals surface area contributed by atoms with Gasteiger partial charge in [0, 0.05) is 45.6 Å². The first-order valence-corrected chi connectivity index (χ1v) is 9.51. The molecular weight excluding hydrogens is 364 g/mol. The molecule has 2 fully saturated rings. The minimum atomic E-state index is -1.52. The van der Waals surface area contributed by atoms with E-state index in [0.717, 1.165) is 11.3 Å². The average Bonchev–Trinajstić information content (AvgIpc) is 2.65. The van der Waals surface area contributed by atoms with E-state index in [2.05, 4.69) is 0 Å². The summed E-state index contributed by atoms with van der Waals surface area (Å²) in [7, 11) is 0. The quantitative estimate of drug-likeness (QED) is 0.535. The number of anilines is 1. The first-order chi connectivity index (χ1) is 13.3. The standard InChI is InChI=1S/C20H24N2O6/c1-4-26-18(25)21-9-10-22-14-8-6-5-7-13(14)11-20(15(22)12-21)16(23)27-19(2,3)28-17(20)24/h5-8,15H,4,9-12H2,1-3H3/t15-/m1/s1. The lowest BCUT2D eigenvalue weighted by Gasteiger charge is -2.54. The van der Waals surface area contributed by atoms with Crippen molar-refractivity contribution in [2.24, 2.45) is 5.41 Å². The summed E-state index contributed by atoms with van der Waals surface area (Å²) in [5.41, 5.74) is 0.332. The van der Waals surface area contributed by atoms with Crippen LogP contribution in [0.2, 0.25) is 0 Å². The summed E-state index contributed by atoms with van der Waals surface area (Å²) in [4.78, 5) is 42.2. The maximum absolute atomic E-state index is 13.2. The smallest absolute Gasteiger partial charge is 0.409 e. The van der Waals surface area contributed by atoms with E-state index >= 15 is 0 Å². The summed E-state index contributed by atoms with van der Waals surface area (Å²) in [5.74, 6) is -2.52. The largest absolute Gasteiger partial charge is 0.450 e. The molecule has 1 aromatic rings. The van der Waals surface area contributed by atoms with Crippen molar-refractivity contribution in [2.75, 3.05) is 31.1 Å². The molecule has 8 heteroatoms. The van der Waals surface area contributed by atoms with Gasteiger partial charge in [0.05, 0.1) is 12.6 Å². The second-order valence-corrected chi connectivity index (χ2v) is 7.81. The zero-order valence-corrected chi connectivity index (χ0v) is 16.3. The Kier molecular flexibility index (Phi) is 4.24. The predicted octanol–water partition coefficient (Wildman–Crippen LogP) is 1.71. The topological polar surface area (TPSA) is 85.4 Å². The minimum absolute atomic E-state index is 0.175. The third kappa shape index (κ3) is 2.70. The van der Waals surface area contributed by atoms with Crippen LogP contribution in [0.25, 0.3) is 0 Å². The van der Waals surface area contributed by atoms with Gasteiger partial charge in [-0.3, -0.25) is 9.59 Å². The van der Waals surface area contributed by atoms with Crippen molar-refractivity contribution in [1.29, 1.82) is 0 Å². The number of hydrogen-bond donors (Lipinski definition) is 0. The number of amides is 1. The summed E-state index contributed by atoms with van der Waals surface area (Å²) in [6.07, 6.45) is -0.275. The molecule has 4 rings (SSSR count). The van der Waals surface area contributed by atoms with E-state index < -0.39 is 35.3 Å². The van der Waals surface area contributed by atoms with E-state index in [9.17, 15) is 14.4 Å². The summed E-state index contributed by atoms with van der Waals surface area (Å²) >= 11 is 0. The van der Waals surface area contributed by atoms with E-state index in [1.807, 2.05) is 29.2 Å². The first-order valence-electron chi connectivity index (χ1n) is 9.51. The Labute approximate surface area is 163 Å². The number of ether oxygens (including phenoxy) is 3. The van der Waals surface area contributed by atoms with Gasteiger partial charge in [-0.05, 0) is 18.6 Å². The highest BCUT2D eigenvalue weighted by Crippen LogP contribution is 2.47. The second-order valence-electron chi connectivity index (χ2n) is 7.81. The lowest BCUT2D eigenvalue weighted by atomic mass is 9.69. The second kappa shape index (κ2) is 6.39. The molecule has 0 aliphatic carbocycles. The SMILES string of the molecule is CCOC(=O)N1CCN2c3ccccc3CC3(C(=O)OC(C)(C)OC3=O)[C@H]2C1. The predicted molar refractivity (Wildman–Crippen MR) is 98.6 cm³/mol. The van der Waals surface area contributed by atoms with Crippen molar-refractivity contribution in [3.8, 4) is 0 Å². The number of piperazine rings is 1. The zero-order valence-electron chi connectivity index (χ0n) is 16.3. The lowest BCUT2D eigenvalue weighted by Crippen LogP contribution is -2.71. The molecule has 3 aliphatic rings. The van der Waals surface area contributed by atoms with E-state index in [-0.39, 0.29) is 19.6 Å². The molecule has 28 heavy (non-hydrogen) atoms. The Hall–Kier alpha value is -2.77. The Balaban J connectivity index is 1.78. The van der Waals surface area contributed by atoms with Crippen molar-refractivity contribution in [2.45, 2.75) is 39.0 Å². The maximum Gasteiger partial charge on any atom is 0.409 e. The van der Waals surface area contributed by atoms with E-state index in [1.54, 1.807) is 11.8 Å². The van der Waals surface area contributed by atoms with Gasteiger partial charge in [0.1, 0.15) is 0 Å². The molecule has 0 N–H and O–H groups in total. The molecule has 0 bridgehead atoms. The van der Waals surface area contributed by atoms with Crippen LogP contribution in [0.15, 0.2) is 24.3 Å². The third-order valence-electron chi connectivity index (χ3n) is 5.65. The molecule has 1 spiro atoms. The van der Waals surface area contributed by atoms with Gasteiger partial charge in [-0.15, -0.1) is 0 Å². The van der Waals surface area contributed by atoms with E-state index in [1.165, 1.54) is 13.8 Å². The molecule has 2 saturated heterocycles. The van der Waals surface area contributed by atoms with Crippen LogP contribution in [0, 0.1) is 5.41 Å². The molecule has 150 valence electrons. The fraction of sp³-hybridized carbons (Fsp3) is 0.550. The third-order valence-corrected chi connectivity index (χ3v) is 5.65. The van der Waals surface area contributed by atoms with E-state index in [0.29, 0.717) is 13.1 Å². The van der Waals surface area contributed by atoms with Gasteiger partial charge in [-0.1, -0.05) is 18.2 Å². The van der Waals surface area contributed by atoms with Crippen LogP contribution < -0.4 is 4.90 Å². The van der Waals surface area contributed by atoms with Crippen LogP contribution in [0.3, 0.4) is 0 Å². The minimum Gasteiger partial charge on any atom is -0.450 e. The number of carbonyl (C=O) groups is 3. The molecule has 0 aromatic heterocycles. The number of para-hydroxylation sites is 1. The van der Waals surface area contributed by atoms with Crippen molar-refractivity contribution < 1.29 is 28.6 Å². The van der Waals surface area contributed by atoms with Crippen LogP contribution in [-0.2, 0) is 30.2 Å². The zero-order chi connectivity index (χ0) is 20.1. The highest BCUT2D eigenvalue weighted by Gasteiger charge is 2.65. The first kappa shape index (κ1) is 18.6. The normalized spacial score (nSPS) is 24.8. The van der Waals surface area contributed by atoms with Crippen molar-refractivity contribution in [1.82, 2.24) is 4.90 Å². The van der Waals surface area contributed by atoms with E-state index in [4.69, 9.17) is 14.2 Å². The van der Waals surface area contributed by atoms with Gasteiger partial charge in [0.2, 0.25) is 0 Å². The number of benzene rings is 1. The van der Waals surface area contributed by atoms with Crippen molar-refractivity contribution in [3.05, 3.63) is 29.8 Å². The molecule has 1 aromatic carbocycles. The van der Waals surface area contributed by atoms with Crippen LogP contribution in [0.1, 0.15) is 26.3 Å². The molecule has 3 aliphatic heterocycles. The lowest BCUT2D eigenvalue weighted by molar-refractivity contribution is -0.253. The van der Waals surface area contributed by atoms with Crippen molar-refractivity contribution >= 4 is 23.7 Å². The fourth-order valence-electron chi connectivity index (χ4n) is 4.38. The van der Waals surface area contributed by atoms with Gasteiger partial charge in [0.15, 0.2) is 5.41 Å².